The number of carbonyl (C=O) groups excluding carboxylic acids is 4. The number of hydrogen-bond acceptors (Lipinski definition) is 5. The van der Waals surface area contributed by atoms with Gasteiger partial charge in [0.2, 0.25) is 17.7 Å². The Bertz CT molecular complexity index is 894. The van der Waals surface area contributed by atoms with Crippen LogP contribution in [0.5, 0.6) is 5.75 Å². The normalized spacial score (nSPS) is 10.0. The highest BCUT2D eigenvalue weighted by molar-refractivity contribution is 6.02. The molecule has 4 amide bonds. The van der Waals surface area contributed by atoms with Gasteiger partial charge in [-0.1, -0.05) is 12.1 Å². The predicted molar refractivity (Wildman–Crippen MR) is 102 cm³/mol. The molecule has 0 aliphatic heterocycles. The molecule has 28 heavy (non-hydrogen) atoms. The maximum Gasteiger partial charge on any atom is 0.255 e. The Morgan fingerprint density at radius 2 is 1.57 bits per heavy atom. The minimum atomic E-state index is -0.761. The maximum atomic E-state index is 12.2. The van der Waals surface area contributed by atoms with Crippen molar-refractivity contribution in [1.29, 1.82) is 0 Å². The van der Waals surface area contributed by atoms with Crippen molar-refractivity contribution in [3.8, 4) is 5.75 Å². The number of carbonyl (C=O) groups is 4. The summed E-state index contributed by atoms with van der Waals surface area (Å²) < 4.78 is 5.12. The number of para-hydroxylation sites is 1. The first-order chi connectivity index (χ1) is 13.3. The summed E-state index contributed by atoms with van der Waals surface area (Å²) in [4.78, 5) is 47.0. The highest BCUT2D eigenvalue weighted by Crippen LogP contribution is 2.17. The molecule has 0 heterocycles. The fraction of sp³-hybridized carbons (Fsp3) is 0.158. The molecule has 6 N–H and O–H groups in total. The number of nitrogens with two attached hydrogens (primary N) is 2. The predicted octanol–water partition coefficient (Wildman–Crippen LogP) is 0.652. The van der Waals surface area contributed by atoms with Crippen LogP contribution in [0.4, 0.5) is 5.69 Å². The van der Waals surface area contributed by atoms with Crippen LogP contribution in [0.1, 0.15) is 37.5 Å². The Balaban J connectivity index is 1.96. The van der Waals surface area contributed by atoms with E-state index in [9.17, 15) is 19.2 Å². The second kappa shape index (κ2) is 9.17. The largest absolute Gasteiger partial charge is 0.496 e. The average Bonchev–Trinajstić information content (AvgIpc) is 2.67. The number of rotatable bonds is 8. The minimum Gasteiger partial charge on any atom is -0.496 e. The molecule has 0 aromatic heterocycles. The zero-order chi connectivity index (χ0) is 20.7. The van der Waals surface area contributed by atoms with Crippen molar-refractivity contribution in [2.75, 3.05) is 19.0 Å². The van der Waals surface area contributed by atoms with Gasteiger partial charge in [-0.3, -0.25) is 19.2 Å². The molecule has 0 atom stereocenters. The molecule has 2 aromatic rings. The summed E-state index contributed by atoms with van der Waals surface area (Å²) in [6, 6.07) is 10.6. The number of methoxy groups -OCH3 is 1. The molecule has 0 spiro atoms. The van der Waals surface area contributed by atoms with Crippen molar-refractivity contribution < 1.29 is 23.9 Å². The average molecular weight is 384 g/mol. The van der Waals surface area contributed by atoms with Gasteiger partial charge in [0.15, 0.2) is 0 Å². The van der Waals surface area contributed by atoms with E-state index in [2.05, 4.69) is 10.6 Å². The molecule has 9 heteroatoms. The van der Waals surface area contributed by atoms with E-state index in [0.717, 1.165) is 0 Å². The topological polar surface area (TPSA) is 154 Å². The fourth-order valence-corrected chi connectivity index (χ4v) is 2.42. The molecule has 0 fully saturated rings. The van der Waals surface area contributed by atoms with Crippen LogP contribution in [0, 0.1) is 0 Å². The molecule has 0 bridgehead atoms. The summed E-state index contributed by atoms with van der Waals surface area (Å²) in [5, 5.41) is 5.16. The van der Waals surface area contributed by atoms with E-state index in [4.69, 9.17) is 16.2 Å². The number of hydrogen-bond donors (Lipinski definition) is 4. The first-order valence-electron chi connectivity index (χ1n) is 8.27. The van der Waals surface area contributed by atoms with Crippen LogP contribution in [0.25, 0.3) is 0 Å². The zero-order valence-corrected chi connectivity index (χ0v) is 15.2. The van der Waals surface area contributed by atoms with Crippen molar-refractivity contribution in [2.45, 2.75) is 6.42 Å². The third kappa shape index (κ3) is 5.31. The van der Waals surface area contributed by atoms with Crippen molar-refractivity contribution >= 4 is 29.3 Å². The van der Waals surface area contributed by atoms with Gasteiger partial charge in [-0.2, -0.15) is 0 Å². The lowest BCUT2D eigenvalue weighted by atomic mass is 10.1. The maximum absolute atomic E-state index is 12.2. The highest BCUT2D eigenvalue weighted by atomic mass is 16.5. The highest BCUT2D eigenvalue weighted by Gasteiger charge is 2.13. The van der Waals surface area contributed by atoms with E-state index in [-0.39, 0.29) is 35.7 Å². The van der Waals surface area contributed by atoms with Crippen LogP contribution < -0.4 is 26.8 Å². The number of amides is 4. The van der Waals surface area contributed by atoms with Crippen molar-refractivity contribution in [1.82, 2.24) is 5.32 Å². The standard InChI is InChI=1S/C19H20N4O5/c1-28-15-5-3-2-4-14(15)19(27)22-7-6-16(24)23-13-9-11(17(20)25)8-12(10-13)18(21)26/h2-5,8-10H,6-7H2,1H3,(H2,20,25)(H2,21,26)(H,22,27)(H,23,24). The van der Waals surface area contributed by atoms with Gasteiger partial charge in [0.25, 0.3) is 5.91 Å². The van der Waals surface area contributed by atoms with Gasteiger partial charge in [0.1, 0.15) is 5.75 Å². The molecular weight excluding hydrogens is 364 g/mol. The number of nitrogens with one attached hydrogen (secondary N) is 2. The molecule has 0 aliphatic rings. The summed E-state index contributed by atoms with van der Waals surface area (Å²) in [6.45, 7) is 0.0703. The quantitative estimate of drug-likeness (QED) is 0.526. The van der Waals surface area contributed by atoms with Crippen LogP contribution in [0.15, 0.2) is 42.5 Å². The summed E-state index contributed by atoms with van der Waals surface area (Å²) >= 11 is 0. The van der Waals surface area contributed by atoms with Gasteiger partial charge < -0.3 is 26.8 Å². The van der Waals surface area contributed by atoms with Crippen LogP contribution in [-0.2, 0) is 4.79 Å². The molecule has 0 aliphatic carbocycles. The van der Waals surface area contributed by atoms with Crippen molar-refractivity contribution in [3.63, 3.8) is 0 Å². The Morgan fingerprint density at radius 1 is 0.964 bits per heavy atom. The first-order valence-corrected chi connectivity index (χ1v) is 8.27. The lowest BCUT2D eigenvalue weighted by Gasteiger charge is -2.10. The second-order valence-corrected chi connectivity index (χ2v) is 5.78. The van der Waals surface area contributed by atoms with Gasteiger partial charge in [-0.05, 0) is 30.3 Å². The molecule has 2 rings (SSSR count). The van der Waals surface area contributed by atoms with Crippen LogP contribution in [-0.4, -0.2) is 37.3 Å². The number of benzene rings is 2. The summed E-state index contributed by atoms with van der Waals surface area (Å²) in [5.74, 6) is -1.91. The van der Waals surface area contributed by atoms with Crippen LogP contribution >= 0.6 is 0 Å². The molecule has 0 saturated heterocycles. The van der Waals surface area contributed by atoms with Crippen molar-refractivity contribution in [3.05, 3.63) is 59.2 Å². The third-order valence-corrected chi connectivity index (χ3v) is 3.78. The van der Waals surface area contributed by atoms with Crippen molar-refractivity contribution in [2.24, 2.45) is 11.5 Å². The molecule has 9 nitrogen and oxygen atoms in total. The lowest BCUT2D eigenvalue weighted by Crippen LogP contribution is -2.28. The van der Waals surface area contributed by atoms with E-state index >= 15 is 0 Å². The number of ether oxygens (including phenoxy) is 1. The smallest absolute Gasteiger partial charge is 0.255 e. The Hall–Kier alpha value is -3.88. The van der Waals surface area contributed by atoms with Crippen LogP contribution in [0.3, 0.4) is 0 Å². The number of anilines is 1. The Labute approximate surface area is 161 Å². The van der Waals surface area contributed by atoms with Gasteiger partial charge in [-0.25, -0.2) is 0 Å². The van der Waals surface area contributed by atoms with E-state index < -0.39 is 17.7 Å². The molecule has 2 aromatic carbocycles. The molecule has 0 saturated carbocycles. The van der Waals surface area contributed by atoms with Gasteiger partial charge in [0.05, 0.1) is 12.7 Å². The third-order valence-electron chi connectivity index (χ3n) is 3.78. The van der Waals surface area contributed by atoms with Gasteiger partial charge in [0, 0.05) is 29.8 Å². The first kappa shape index (κ1) is 20.4. The van der Waals surface area contributed by atoms with Crippen LogP contribution in [0.2, 0.25) is 0 Å². The monoisotopic (exact) mass is 384 g/mol. The fourth-order valence-electron chi connectivity index (χ4n) is 2.42. The summed E-state index contributed by atoms with van der Waals surface area (Å²) in [7, 11) is 1.46. The van der Waals surface area contributed by atoms with E-state index in [1.807, 2.05) is 0 Å². The Morgan fingerprint density at radius 3 is 2.14 bits per heavy atom. The lowest BCUT2D eigenvalue weighted by molar-refractivity contribution is -0.116. The molecule has 0 radical (unpaired) electrons. The van der Waals surface area contributed by atoms with E-state index in [0.29, 0.717) is 11.3 Å². The summed E-state index contributed by atoms with van der Waals surface area (Å²) in [5.41, 5.74) is 11.1. The molecule has 146 valence electrons. The summed E-state index contributed by atoms with van der Waals surface area (Å²) in [6.07, 6.45) is -0.0341. The van der Waals surface area contributed by atoms with E-state index in [1.54, 1.807) is 24.3 Å². The molecule has 0 unspecified atom stereocenters. The van der Waals surface area contributed by atoms with E-state index in [1.165, 1.54) is 25.3 Å². The van der Waals surface area contributed by atoms with Gasteiger partial charge in [-0.15, -0.1) is 0 Å². The second-order valence-electron chi connectivity index (χ2n) is 5.78. The van der Waals surface area contributed by atoms with Gasteiger partial charge >= 0.3 is 0 Å². The molecular formula is C19H20N4O5. The SMILES string of the molecule is COc1ccccc1C(=O)NCCC(=O)Nc1cc(C(N)=O)cc(C(N)=O)c1. The minimum absolute atomic E-state index is 0.0341. The Kier molecular flexibility index (Phi) is 6.69. The zero-order valence-electron chi connectivity index (χ0n) is 15.2. The number of primary amides is 2.